The number of hydrogen-bond donors (Lipinski definition) is 0. The fourth-order valence-electron chi connectivity index (χ4n) is 1.95. The number of oxazole rings is 1. The summed E-state index contributed by atoms with van der Waals surface area (Å²) >= 11 is 5.96. The van der Waals surface area contributed by atoms with E-state index in [4.69, 9.17) is 16.0 Å². The van der Waals surface area contributed by atoms with Crippen LogP contribution in [0.25, 0.3) is 11.5 Å². The van der Waals surface area contributed by atoms with E-state index < -0.39 is 0 Å². The average Bonchev–Trinajstić information content (AvgIpc) is 2.88. The summed E-state index contributed by atoms with van der Waals surface area (Å²) in [5, 5.41) is 0.681. The van der Waals surface area contributed by atoms with E-state index in [2.05, 4.69) is 17.1 Å². The Labute approximate surface area is 116 Å². The largest absolute Gasteiger partial charge is 0.444 e. The van der Waals surface area contributed by atoms with Crippen molar-refractivity contribution in [1.29, 1.82) is 0 Å². The Kier molecular flexibility index (Phi) is 3.34. The Hall–Kier alpha value is -2.06. The van der Waals surface area contributed by atoms with Crippen LogP contribution in [0.3, 0.4) is 0 Å². The Bertz CT molecular complexity index is 676. The molecule has 0 saturated heterocycles. The lowest BCUT2D eigenvalue weighted by Crippen LogP contribution is -1.87. The summed E-state index contributed by atoms with van der Waals surface area (Å²) in [5.41, 5.74) is 3.03. The molecule has 0 aliphatic heterocycles. The van der Waals surface area contributed by atoms with E-state index in [0.717, 1.165) is 17.7 Å². The Balaban J connectivity index is 1.84. The van der Waals surface area contributed by atoms with Crippen LogP contribution in [0.2, 0.25) is 5.02 Å². The van der Waals surface area contributed by atoms with Gasteiger partial charge in [-0.1, -0.05) is 48.0 Å². The molecule has 0 N–H and O–H groups in total. The molecule has 0 aliphatic rings. The van der Waals surface area contributed by atoms with Crippen LogP contribution in [0.4, 0.5) is 0 Å². The van der Waals surface area contributed by atoms with Crippen molar-refractivity contribution >= 4 is 11.6 Å². The maximum atomic E-state index is 5.96. The van der Waals surface area contributed by atoms with E-state index in [1.807, 2.05) is 42.5 Å². The molecule has 3 rings (SSSR count). The highest BCUT2D eigenvalue weighted by Crippen LogP contribution is 2.22. The summed E-state index contributed by atoms with van der Waals surface area (Å²) in [5.74, 6) is 0.605. The lowest BCUT2D eigenvalue weighted by molar-refractivity contribution is 0.573. The van der Waals surface area contributed by atoms with Gasteiger partial charge >= 0.3 is 0 Å². The predicted molar refractivity (Wildman–Crippen MR) is 76.2 cm³/mol. The van der Waals surface area contributed by atoms with Gasteiger partial charge in [0.2, 0.25) is 5.89 Å². The molecule has 0 radical (unpaired) electrons. The fourth-order valence-corrected chi connectivity index (χ4v) is 2.14. The van der Waals surface area contributed by atoms with Crippen molar-refractivity contribution in [2.24, 2.45) is 0 Å². The lowest BCUT2D eigenvalue weighted by Gasteiger charge is -1.96. The third-order valence-electron chi connectivity index (χ3n) is 2.85. The van der Waals surface area contributed by atoms with Crippen LogP contribution >= 0.6 is 11.6 Å². The van der Waals surface area contributed by atoms with Gasteiger partial charge in [-0.05, 0) is 23.8 Å². The van der Waals surface area contributed by atoms with Gasteiger partial charge in [0.15, 0.2) is 0 Å². The van der Waals surface area contributed by atoms with E-state index in [-0.39, 0.29) is 0 Å². The number of halogens is 1. The minimum Gasteiger partial charge on any atom is -0.444 e. The van der Waals surface area contributed by atoms with Gasteiger partial charge in [0.25, 0.3) is 0 Å². The van der Waals surface area contributed by atoms with E-state index in [1.165, 1.54) is 5.56 Å². The predicted octanol–water partition coefficient (Wildman–Crippen LogP) is 4.59. The summed E-state index contributed by atoms with van der Waals surface area (Å²) in [4.78, 5) is 4.49. The van der Waals surface area contributed by atoms with Gasteiger partial charge in [-0.3, -0.25) is 0 Å². The SMILES string of the molecule is Clc1cccc(-c2nc(Cc3ccccc3)co2)c1. The van der Waals surface area contributed by atoms with Crippen LogP contribution in [0.5, 0.6) is 0 Å². The number of nitrogens with zero attached hydrogens (tertiary/aromatic N) is 1. The standard InChI is InChI=1S/C16H12ClNO/c17-14-8-4-7-13(10-14)16-18-15(11-19-16)9-12-5-2-1-3-6-12/h1-8,10-11H,9H2. The van der Waals surface area contributed by atoms with Crippen molar-refractivity contribution < 1.29 is 4.42 Å². The van der Waals surface area contributed by atoms with Crippen molar-refractivity contribution in [3.05, 3.63) is 77.1 Å². The maximum Gasteiger partial charge on any atom is 0.226 e. The Morgan fingerprint density at radius 2 is 1.84 bits per heavy atom. The first kappa shape index (κ1) is 12.0. The van der Waals surface area contributed by atoms with Gasteiger partial charge < -0.3 is 4.42 Å². The highest BCUT2D eigenvalue weighted by Gasteiger charge is 2.07. The second kappa shape index (κ2) is 5.29. The monoisotopic (exact) mass is 269 g/mol. The molecule has 3 aromatic rings. The zero-order chi connectivity index (χ0) is 13.1. The Morgan fingerprint density at radius 3 is 2.63 bits per heavy atom. The molecule has 0 atom stereocenters. The van der Waals surface area contributed by atoms with Crippen LogP contribution in [-0.2, 0) is 6.42 Å². The number of aromatic nitrogens is 1. The molecule has 0 spiro atoms. The molecule has 2 aromatic carbocycles. The molecular weight excluding hydrogens is 258 g/mol. The fraction of sp³-hybridized carbons (Fsp3) is 0.0625. The summed E-state index contributed by atoms with van der Waals surface area (Å²) < 4.78 is 5.51. The number of rotatable bonds is 3. The van der Waals surface area contributed by atoms with Crippen LogP contribution in [0, 0.1) is 0 Å². The first-order valence-electron chi connectivity index (χ1n) is 6.05. The average molecular weight is 270 g/mol. The van der Waals surface area contributed by atoms with Gasteiger partial charge in [0.05, 0.1) is 5.69 Å². The summed E-state index contributed by atoms with van der Waals surface area (Å²) in [6.07, 6.45) is 2.47. The molecule has 0 fully saturated rings. The minimum atomic E-state index is 0.605. The molecule has 0 amide bonds. The topological polar surface area (TPSA) is 26.0 Å². The highest BCUT2D eigenvalue weighted by molar-refractivity contribution is 6.30. The highest BCUT2D eigenvalue weighted by atomic mass is 35.5. The summed E-state index contributed by atoms with van der Waals surface area (Å²) in [7, 11) is 0. The zero-order valence-electron chi connectivity index (χ0n) is 10.2. The molecule has 0 aliphatic carbocycles. The van der Waals surface area contributed by atoms with Crippen molar-refractivity contribution in [3.63, 3.8) is 0 Å². The van der Waals surface area contributed by atoms with Crippen molar-refractivity contribution in [2.45, 2.75) is 6.42 Å². The van der Waals surface area contributed by atoms with Gasteiger partial charge in [0, 0.05) is 17.0 Å². The smallest absolute Gasteiger partial charge is 0.226 e. The van der Waals surface area contributed by atoms with E-state index >= 15 is 0 Å². The van der Waals surface area contributed by atoms with Gasteiger partial charge in [-0.15, -0.1) is 0 Å². The normalized spacial score (nSPS) is 10.6. The third-order valence-corrected chi connectivity index (χ3v) is 3.09. The molecular formula is C16H12ClNO. The second-order valence-electron chi connectivity index (χ2n) is 4.32. The lowest BCUT2D eigenvalue weighted by atomic mass is 10.1. The molecule has 2 nitrogen and oxygen atoms in total. The van der Waals surface area contributed by atoms with E-state index in [1.54, 1.807) is 6.26 Å². The molecule has 94 valence electrons. The van der Waals surface area contributed by atoms with E-state index in [9.17, 15) is 0 Å². The second-order valence-corrected chi connectivity index (χ2v) is 4.75. The molecule has 0 unspecified atom stereocenters. The number of hydrogen-bond acceptors (Lipinski definition) is 2. The molecule has 1 aromatic heterocycles. The van der Waals surface area contributed by atoms with Crippen LogP contribution in [-0.4, -0.2) is 4.98 Å². The van der Waals surface area contributed by atoms with Gasteiger partial charge in [-0.2, -0.15) is 0 Å². The van der Waals surface area contributed by atoms with E-state index in [0.29, 0.717) is 10.9 Å². The van der Waals surface area contributed by atoms with Crippen molar-refractivity contribution in [1.82, 2.24) is 4.98 Å². The van der Waals surface area contributed by atoms with Gasteiger partial charge in [-0.25, -0.2) is 4.98 Å². The third kappa shape index (κ3) is 2.85. The number of benzene rings is 2. The minimum absolute atomic E-state index is 0.605. The van der Waals surface area contributed by atoms with Crippen LogP contribution in [0.15, 0.2) is 65.3 Å². The molecule has 3 heteroatoms. The molecule has 19 heavy (non-hydrogen) atoms. The molecule has 0 saturated carbocycles. The first-order valence-corrected chi connectivity index (χ1v) is 6.43. The zero-order valence-corrected chi connectivity index (χ0v) is 11.0. The van der Waals surface area contributed by atoms with Crippen molar-refractivity contribution in [2.75, 3.05) is 0 Å². The molecule has 0 bridgehead atoms. The Morgan fingerprint density at radius 1 is 1.00 bits per heavy atom. The van der Waals surface area contributed by atoms with Gasteiger partial charge in [0.1, 0.15) is 6.26 Å². The quantitative estimate of drug-likeness (QED) is 0.695. The summed E-state index contributed by atoms with van der Waals surface area (Å²) in [6, 6.07) is 17.7. The summed E-state index contributed by atoms with van der Waals surface area (Å²) in [6.45, 7) is 0. The van der Waals surface area contributed by atoms with Crippen molar-refractivity contribution in [3.8, 4) is 11.5 Å². The first-order chi connectivity index (χ1) is 9.31. The maximum absolute atomic E-state index is 5.96. The molecule has 1 heterocycles. The van der Waals surface area contributed by atoms with Crippen LogP contribution < -0.4 is 0 Å². The van der Waals surface area contributed by atoms with Crippen LogP contribution in [0.1, 0.15) is 11.3 Å².